The molecule has 1 saturated carbocycles. The van der Waals surface area contributed by atoms with Crippen molar-refractivity contribution >= 4 is 18.0 Å². The van der Waals surface area contributed by atoms with Crippen molar-refractivity contribution in [3.05, 3.63) is 23.8 Å². The molecular weight excluding hydrogens is 338 g/mol. The van der Waals surface area contributed by atoms with Gasteiger partial charge in [0.25, 0.3) is 5.91 Å². The maximum Gasteiger partial charge on any atom is 0.331 e. The van der Waals surface area contributed by atoms with Crippen LogP contribution in [-0.2, 0) is 14.3 Å². The predicted molar refractivity (Wildman–Crippen MR) is 96.4 cm³/mol. The van der Waals surface area contributed by atoms with Crippen LogP contribution >= 0.6 is 0 Å². The van der Waals surface area contributed by atoms with Crippen LogP contribution in [0.3, 0.4) is 0 Å². The maximum absolute atomic E-state index is 11.8. The zero-order valence-corrected chi connectivity index (χ0v) is 15.5. The minimum atomic E-state index is -0.615. The number of carbonyl (C=O) groups excluding carboxylic acids is 2. The molecular formula is C19H25NO6. The predicted octanol–water partition coefficient (Wildman–Crippen LogP) is 2.18. The van der Waals surface area contributed by atoms with Crippen molar-refractivity contribution < 1.29 is 28.5 Å². The lowest BCUT2D eigenvalue weighted by Crippen LogP contribution is -2.36. The van der Waals surface area contributed by atoms with Gasteiger partial charge in [0.15, 0.2) is 18.1 Å². The molecule has 0 radical (unpaired) electrons. The molecule has 0 spiro atoms. The van der Waals surface area contributed by atoms with Gasteiger partial charge in [-0.05, 0) is 37.8 Å². The first kappa shape index (κ1) is 19.6. The van der Waals surface area contributed by atoms with Gasteiger partial charge in [-0.15, -0.1) is 0 Å². The number of hydrogen-bond acceptors (Lipinski definition) is 6. The molecule has 7 nitrogen and oxygen atoms in total. The molecule has 26 heavy (non-hydrogen) atoms. The number of rotatable bonds is 9. The van der Waals surface area contributed by atoms with Crippen molar-refractivity contribution in [2.45, 2.75) is 25.8 Å². The normalized spacial score (nSPS) is 14.6. The van der Waals surface area contributed by atoms with E-state index in [1.54, 1.807) is 12.1 Å². The lowest BCUT2D eigenvalue weighted by Gasteiger charge is -2.12. The van der Waals surface area contributed by atoms with Crippen LogP contribution in [0.4, 0.5) is 0 Å². The Morgan fingerprint density at radius 3 is 2.31 bits per heavy atom. The van der Waals surface area contributed by atoms with Crippen molar-refractivity contribution in [2.24, 2.45) is 5.92 Å². The minimum Gasteiger partial charge on any atom is -0.496 e. The minimum absolute atomic E-state index is 0.118. The van der Waals surface area contributed by atoms with Gasteiger partial charge >= 0.3 is 5.97 Å². The summed E-state index contributed by atoms with van der Waals surface area (Å²) in [6.07, 6.45) is 5.05. The molecule has 1 aromatic carbocycles. The van der Waals surface area contributed by atoms with Gasteiger partial charge in [-0.1, -0.05) is 0 Å². The summed E-state index contributed by atoms with van der Waals surface area (Å²) in [5, 5.41) is 2.83. The van der Waals surface area contributed by atoms with Gasteiger partial charge in [0.05, 0.1) is 21.3 Å². The highest BCUT2D eigenvalue weighted by atomic mass is 16.5. The van der Waals surface area contributed by atoms with E-state index in [1.165, 1.54) is 33.5 Å². The molecule has 7 heteroatoms. The second-order valence-electron chi connectivity index (χ2n) is 6.08. The Labute approximate surface area is 153 Å². The number of esters is 1. The highest BCUT2D eigenvalue weighted by Gasteiger charge is 2.28. The summed E-state index contributed by atoms with van der Waals surface area (Å²) in [5.41, 5.74) is 0.619. The van der Waals surface area contributed by atoms with Crippen LogP contribution < -0.4 is 19.5 Å². The van der Waals surface area contributed by atoms with Crippen molar-refractivity contribution in [1.29, 1.82) is 0 Å². The molecule has 0 heterocycles. The number of carbonyl (C=O) groups is 2. The number of amides is 1. The van der Waals surface area contributed by atoms with Crippen molar-refractivity contribution in [1.82, 2.24) is 5.32 Å². The Kier molecular flexibility index (Phi) is 6.89. The molecule has 0 aliphatic heterocycles. The summed E-state index contributed by atoms with van der Waals surface area (Å²) in [4.78, 5) is 23.6. The average molecular weight is 363 g/mol. The zero-order valence-electron chi connectivity index (χ0n) is 15.5. The summed E-state index contributed by atoms with van der Waals surface area (Å²) in [6.45, 7) is 1.66. The largest absolute Gasteiger partial charge is 0.496 e. The second kappa shape index (κ2) is 9.12. The number of hydrogen-bond donors (Lipinski definition) is 1. The molecule has 0 bridgehead atoms. The SMILES string of the molecule is COc1cc(OC)c(OC)cc1/C=C/C(=O)OCC(=O)N[C@@H](C)C1CC1. The summed E-state index contributed by atoms with van der Waals surface area (Å²) < 4.78 is 20.7. The number of benzene rings is 1. The van der Waals surface area contributed by atoms with Crippen LogP contribution in [0.25, 0.3) is 6.08 Å². The first-order valence-corrected chi connectivity index (χ1v) is 8.42. The Hall–Kier alpha value is -2.70. The van der Waals surface area contributed by atoms with Crippen LogP contribution in [-0.4, -0.2) is 45.9 Å². The summed E-state index contributed by atoms with van der Waals surface area (Å²) in [5.74, 6) is 1.18. The van der Waals surface area contributed by atoms with E-state index in [9.17, 15) is 9.59 Å². The van der Waals surface area contributed by atoms with Crippen molar-refractivity contribution in [2.75, 3.05) is 27.9 Å². The lowest BCUT2D eigenvalue weighted by atomic mass is 10.1. The molecule has 1 amide bonds. The first-order valence-electron chi connectivity index (χ1n) is 8.42. The molecule has 1 N–H and O–H groups in total. The molecule has 1 fully saturated rings. The van der Waals surface area contributed by atoms with E-state index in [0.717, 1.165) is 12.8 Å². The summed E-state index contributed by atoms with van der Waals surface area (Å²) in [6, 6.07) is 3.47. The molecule has 0 unspecified atom stereocenters. The molecule has 1 aliphatic carbocycles. The van der Waals surface area contributed by atoms with Gasteiger partial charge in [-0.2, -0.15) is 0 Å². The van der Waals surface area contributed by atoms with E-state index in [1.807, 2.05) is 6.92 Å². The first-order chi connectivity index (χ1) is 12.5. The molecule has 2 rings (SSSR count). The van der Waals surface area contributed by atoms with Crippen LogP contribution in [0, 0.1) is 5.92 Å². The van der Waals surface area contributed by atoms with Gasteiger partial charge in [0, 0.05) is 23.7 Å². The molecule has 1 aliphatic rings. The number of methoxy groups -OCH3 is 3. The van der Waals surface area contributed by atoms with E-state index in [0.29, 0.717) is 28.7 Å². The standard InChI is InChI=1S/C19H25NO6/c1-12(13-5-6-13)20-18(21)11-26-19(22)8-7-14-9-16(24-3)17(25-4)10-15(14)23-2/h7-10,12-13H,5-6,11H2,1-4H3,(H,20,21)/b8-7+/t12-/m0/s1. The Morgan fingerprint density at radius 1 is 1.12 bits per heavy atom. The molecule has 1 aromatic rings. The monoisotopic (exact) mass is 363 g/mol. The van der Waals surface area contributed by atoms with E-state index < -0.39 is 5.97 Å². The van der Waals surface area contributed by atoms with Crippen molar-refractivity contribution in [3.8, 4) is 17.2 Å². The van der Waals surface area contributed by atoms with E-state index in [2.05, 4.69) is 5.32 Å². The van der Waals surface area contributed by atoms with Gasteiger partial charge < -0.3 is 24.3 Å². The third-order valence-electron chi connectivity index (χ3n) is 4.20. The Balaban J connectivity index is 1.93. The van der Waals surface area contributed by atoms with Gasteiger partial charge in [-0.25, -0.2) is 4.79 Å². The Bertz CT molecular complexity index is 681. The van der Waals surface area contributed by atoms with Gasteiger partial charge in [-0.3, -0.25) is 4.79 Å². The molecule has 142 valence electrons. The van der Waals surface area contributed by atoms with Gasteiger partial charge in [0.1, 0.15) is 5.75 Å². The second-order valence-corrected chi connectivity index (χ2v) is 6.08. The van der Waals surface area contributed by atoms with E-state index in [4.69, 9.17) is 18.9 Å². The summed E-state index contributed by atoms with van der Waals surface area (Å²) in [7, 11) is 4.56. The van der Waals surface area contributed by atoms with E-state index in [-0.39, 0.29) is 18.6 Å². The van der Waals surface area contributed by atoms with Gasteiger partial charge in [0.2, 0.25) is 0 Å². The third-order valence-corrected chi connectivity index (χ3v) is 4.20. The molecule has 0 aromatic heterocycles. The van der Waals surface area contributed by atoms with Crippen LogP contribution in [0.1, 0.15) is 25.3 Å². The fourth-order valence-electron chi connectivity index (χ4n) is 2.54. The number of nitrogens with one attached hydrogen (secondary N) is 1. The molecule has 1 atom stereocenters. The molecule has 0 saturated heterocycles. The highest BCUT2D eigenvalue weighted by Crippen LogP contribution is 2.35. The van der Waals surface area contributed by atoms with Crippen LogP contribution in [0.15, 0.2) is 18.2 Å². The highest BCUT2D eigenvalue weighted by molar-refractivity contribution is 5.90. The Morgan fingerprint density at radius 2 is 1.73 bits per heavy atom. The maximum atomic E-state index is 11.8. The topological polar surface area (TPSA) is 83.1 Å². The summed E-state index contributed by atoms with van der Waals surface area (Å²) >= 11 is 0. The average Bonchev–Trinajstić information content (AvgIpc) is 3.49. The smallest absolute Gasteiger partial charge is 0.331 e. The zero-order chi connectivity index (χ0) is 19.1. The quantitative estimate of drug-likeness (QED) is 0.535. The fourth-order valence-corrected chi connectivity index (χ4v) is 2.54. The third kappa shape index (κ3) is 5.40. The van der Waals surface area contributed by atoms with Crippen molar-refractivity contribution in [3.63, 3.8) is 0 Å². The van der Waals surface area contributed by atoms with Crippen LogP contribution in [0.2, 0.25) is 0 Å². The number of ether oxygens (including phenoxy) is 4. The lowest BCUT2D eigenvalue weighted by molar-refractivity contribution is -0.144. The van der Waals surface area contributed by atoms with E-state index >= 15 is 0 Å². The fraction of sp³-hybridized carbons (Fsp3) is 0.474. The van der Waals surface area contributed by atoms with Crippen LogP contribution in [0.5, 0.6) is 17.2 Å².